The Hall–Kier alpha value is -3.09. The van der Waals surface area contributed by atoms with Gasteiger partial charge >= 0.3 is 0 Å². The molecule has 4 rings (SSSR count). The van der Waals surface area contributed by atoms with E-state index in [2.05, 4.69) is 49.6 Å². The fourth-order valence-corrected chi connectivity index (χ4v) is 3.31. The summed E-state index contributed by atoms with van der Waals surface area (Å²) in [5.74, 6) is 1.54. The topological polar surface area (TPSA) is 77.2 Å². The van der Waals surface area contributed by atoms with Crippen LogP contribution in [0.3, 0.4) is 0 Å². The van der Waals surface area contributed by atoms with Crippen LogP contribution in [0.4, 0.5) is 11.8 Å². The molecular formula is C19H22N6O. The highest BCUT2D eigenvalue weighted by molar-refractivity contribution is 5.83. The summed E-state index contributed by atoms with van der Waals surface area (Å²) in [5.41, 5.74) is 2.45. The molecular weight excluding hydrogens is 328 g/mol. The second kappa shape index (κ2) is 7.43. The van der Waals surface area contributed by atoms with E-state index < -0.39 is 0 Å². The van der Waals surface area contributed by atoms with Gasteiger partial charge in [-0.3, -0.25) is 4.79 Å². The van der Waals surface area contributed by atoms with Crippen molar-refractivity contribution >= 4 is 29.1 Å². The largest absolute Gasteiger partial charge is 0.361 e. The predicted octanol–water partition coefficient (Wildman–Crippen LogP) is 1.89. The van der Waals surface area contributed by atoms with Gasteiger partial charge in [-0.15, -0.1) is 0 Å². The highest BCUT2D eigenvalue weighted by Gasteiger charge is 2.17. The smallest absolute Gasteiger partial charge is 0.224 e. The van der Waals surface area contributed by atoms with Gasteiger partial charge in [-0.1, -0.05) is 18.2 Å². The number of para-hydroxylation sites is 1. The van der Waals surface area contributed by atoms with Gasteiger partial charge < -0.3 is 20.1 Å². The van der Waals surface area contributed by atoms with E-state index >= 15 is 0 Å². The van der Waals surface area contributed by atoms with E-state index in [1.807, 2.05) is 12.1 Å². The molecule has 0 spiro atoms. The minimum atomic E-state index is 0.639. The summed E-state index contributed by atoms with van der Waals surface area (Å²) in [4.78, 5) is 27.0. The van der Waals surface area contributed by atoms with Gasteiger partial charge in [-0.25, -0.2) is 4.98 Å². The molecule has 3 heterocycles. The van der Waals surface area contributed by atoms with Crippen molar-refractivity contribution in [1.82, 2.24) is 19.9 Å². The first-order chi connectivity index (χ1) is 12.8. The number of anilines is 2. The predicted molar refractivity (Wildman–Crippen MR) is 102 cm³/mol. The number of amides is 1. The number of aromatic nitrogens is 3. The molecule has 1 saturated heterocycles. The molecule has 1 aliphatic rings. The second-order valence-corrected chi connectivity index (χ2v) is 6.40. The molecule has 0 bridgehead atoms. The Kier molecular flexibility index (Phi) is 4.68. The number of hydrogen-bond acceptors (Lipinski definition) is 5. The van der Waals surface area contributed by atoms with E-state index in [-0.39, 0.29) is 0 Å². The summed E-state index contributed by atoms with van der Waals surface area (Å²) >= 11 is 0. The van der Waals surface area contributed by atoms with Crippen molar-refractivity contribution in [1.29, 1.82) is 0 Å². The fraction of sp³-hybridized carbons (Fsp3) is 0.316. The number of hydrogen-bond donors (Lipinski definition) is 2. The Labute approximate surface area is 152 Å². The van der Waals surface area contributed by atoms with Crippen LogP contribution in [0.25, 0.3) is 10.9 Å². The van der Waals surface area contributed by atoms with Crippen molar-refractivity contribution in [2.24, 2.45) is 0 Å². The van der Waals surface area contributed by atoms with Gasteiger partial charge in [0.15, 0.2) is 0 Å². The molecule has 0 saturated carbocycles. The highest BCUT2D eigenvalue weighted by Crippen LogP contribution is 2.18. The van der Waals surface area contributed by atoms with E-state index in [1.165, 1.54) is 10.9 Å². The zero-order valence-electron chi connectivity index (χ0n) is 14.6. The number of fused-ring (bicyclic) bond motifs is 1. The van der Waals surface area contributed by atoms with E-state index in [1.54, 1.807) is 11.1 Å². The number of nitrogens with zero attached hydrogens (tertiary/aromatic N) is 4. The summed E-state index contributed by atoms with van der Waals surface area (Å²) < 4.78 is 0. The van der Waals surface area contributed by atoms with Crippen molar-refractivity contribution in [3.8, 4) is 0 Å². The molecule has 0 unspecified atom stereocenters. The molecule has 3 aromatic rings. The van der Waals surface area contributed by atoms with Crippen LogP contribution in [-0.4, -0.2) is 59.0 Å². The van der Waals surface area contributed by atoms with Crippen LogP contribution in [0, 0.1) is 0 Å². The van der Waals surface area contributed by atoms with E-state index in [4.69, 9.17) is 0 Å². The van der Waals surface area contributed by atoms with Crippen molar-refractivity contribution in [3.63, 3.8) is 0 Å². The summed E-state index contributed by atoms with van der Waals surface area (Å²) in [6.45, 7) is 3.83. The molecule has 1 aromatic carbocycles. The van der Waals surface area contributed by atoms with Crippen LogP contribution in [0.5, 0.6) is 0 Å². The Morgan fingerprint density at radius 1 is 1.15 bits per heavy atom. The van der Waals surface area contributed by atoms with Crippen LogP contribution in [0.15, 0.2) is 42.7 Å². The average Bonchev–Trinajstić information content (AvgIpc) is 3.12. The quantitative estimate of drug-likeness (QED) is 0.664. The SMILES string of the molecule is O=CN1CCN(c2ccnc(NCCc3c[nH]c4ccccc34)n2)CC1. The van der Waals surface area contributed by atoms with E-state index in [0.29, 0.717) is 5.95 Å². The summed E-state index contributed by atoms with van der Waals surface area (Å²) in [7, 11) is 0. The Balaban J connectivity index is 1.36. The maximum absolute atomic E-state index is 10.8. The Bertz CT molecular complexity index is 884. The molecule has 134 valence electrons. The number of carbonyl (C=O) groups is 1. The third-order valence-corrected chi connectivity index (χ3v) is 4.78. The first kappa shape index (κ1) is 16.4. The maximum atomic E-state index is 10.8. The standard InChI is InChI=1S/C19H22N6O/c26-14-24-9-11-25(12-10-24)18-6-8-21-19(23-18)20-7-5-15-13-22-17-4-2-1-3-16(15)17/h1-4,6,8,13-14,22H,5,7,9-12H2,(H,20,21,23). The van der Waals surface area contributed by atoms with Gasteiger partial charge in [0.25, 0.3) is 0 Å². The minimum Gasteiger partial charge on any atom is -0.361 e. The van der Waals surface area contributed by atoms with Crippen molar-refractivity contribution in [2.75, 3.05) is 42.9 Å². The van der Waals surface area contributed by atoms with Gasteiger partial charge in [0.05, 0.1) is 0 Å². The number of benzene rings is 1. The first-order valence-corrected chi connectivity index (χ1v) is 8.90. The van der Waals surface area contributed by atoms with Crippen LogP contribution in [0.2, 0.25) is 0 Å². The molecule has 0 atom stereocenters. The molecule has 2 N–H and O–H groups in total. The van der Waals surface area contributed by atoms with E-state index in [9.17, 15) is 4.79 Å². The van der Waals surface area contributed by atoms with Crippen LogP contribution >= 0.6 is 0 Å². The van der Waals surface area contributed by atoms with Crippen LogP contribution in [0.1, 0.15) is 5.56 Å². The van der Waals surface area contributed by atoms with Crippen LogP contribution < -0.4 is 10.2 Å². The molecule has 1 fully saturated rings. The minimum absolute atomic E-state index is 0.639. The van der Waals surface area contributed by atoms with Gasteiger partial charge in [0.1, 0.15) is 5.82 Å². The number of nitrogens with one attached hydrogen (secondary N) is 2. The summed E-state index contributed by atoms with van der Waals surface area (Å²) in [6.07, 6.45) is 5.66. The number of carbonyl (C=O) groups excluding carboxylic acids is 1. The van der Waals surface area contributed by atoms with Gasteiger partial charge in [-0.2, -0.15) is 4.98 Å². The zero-order valence-corrected chi connectivity index (χ0v) is 14.6. The first-order valence-electron chi connectivity index (χ1n) is 8.90. The summed E-state index contributed by atoms with van der Waals surface area (Å²) in [6, 6.07) is 10.2. The molecule has 0 radical (unpaired) electrons. The third-order valence-electron chi connectivity index (χ3n) is 4.78. The van der Waals surface area contributed by atoms with Gasteiger partial charge in [0, 0.05) is 56.0 Å². The summed E-state index contributed by atoms with van der Waals surface area (Å²) in [5, 5.41) is 4.58. The molecule has 0 aliphatic carbocycles. The lowest BCUT2D eigenvalue weighted by Crippen LogP contribution is -2.46. The molecule has 26 heavy (non-hydrogen) atoms. The average molecular weight is 350 g/mol. The lowest BCUT2D eigenvalue weighted by Gasteiger charge is -2.33. The second-order valence-electron chi connectivity index (χ2n) is 6.40. The highest BCUT2D eigenvalue weighted by atomic mass is 16.1. The molecule has 2 aromatic heterocycles. The van der Waals surface area contributed by atoms with Gasteiger partial charge in [0.2, 0.25) is 12.4 Å². The van der Waals surface area contributed by atoms with Crippen LogP contribution in [-0.2, 0) is 11.2 Å². The molecule has 1 amide bonds. The lowest BCUT2D eigenvalue weighted by atomic mass is 10.1. The fourth-order valence-electron chi connectivity index (χ4n) is 3.31. The molecule has 1 aliphatic heterocycles. The van der Waals surface area contributed by atoms with Gasteiger partial charge in [-0.05, 0) is 24.1 Å². The zero-order chi connectivity index (χ0) is 17.8. The monoisotopic (exact) mass is 350 g/mol. The number of piperazine rings is 1. The van der Waals surface area contributed by atoms with Crippen molar-refractivity contribution in [2.45, 2.75) is 6.42 Å². The van der Waals surface area contributed by atoms with Crippen molar-refractivity contribution < 1.29 is 4.79 Å². The number of rotatable bonds is 6. The molecule has 7 heteroatoms. The number of H-pyrrole nitrogens is 1. The number of aromatic amines is 1. The third kappa shape index (κ3) is 3.46. The normalized spacial score (nSPS) is 14.6. The Morgan fingerprint density at radius 3 is 2.85 bits per heavy atom. The maximum Gasteiger partial charge on any atom is 0.224 e. The molecule has 7 nitrogen and oxygen atoms in total. The van der Waals surface area contributed by atoms with Crippen molar-refractivity contribution in [3.05, 3.63) is 48.3 Å². The Morgan fingerprint density at radius 2 is 2.00 bits per heavy atom. The lowest BCUT2D eigenvalue weighted by molar-refractivity contribution is -0.118. The van der Waals surface area contributed by atoms with E-state index in [0.717, 1.165) is 56.9 Å².